The Morgan fingerprint density at radius 2 is 1.86 bits per heavy atom. The van der Waals surface area contributed by atoms with Gasteiger partial charge in [-0.3, -0.25) is 10.1 Å². The lowest BCUT2D eigenvalue weighted by molar-refractivity contribution is -0.118. The summed E-state index contributed by atoms with van der Waals surface area (Å²) in [6, 6.07) is 11.8. The second kappa shape index (κ2) is 8.89. The van der Waals surface area contributed by atoms with E-state index in [1.54, 1.807) is 0 Å². The maximum absolute atomic E-state index is 12.2. The van der Waals surface area contributed by atoms with E-state index in [1.807, 2.05) is 63.4 Å². The predicted octanol–water partition coefficient (Wildman–Crippen LogP) is 5.15. The van der Waals surface area contributed by atoms with E-state index >= 15 is 0 Å². The van der Waals surface area contributed by atoms with Crippen molar-refractivity contribution in [2.45, 2.75) is 27.7 Å². The third-order valence-electron chi connectivity index (χ3n) is 4.33. The van der Waals surface area contributed by atoms with Crippen molar-refractivity contribution >= 4 is 22.4 Å². The quantitative estimate of drug-likeness (QED) is 0.600. The van der Waals surface area contributed by atoms with Gasteiger partial charge in [0.15, 0.2) is 11.7 Å². The summed E-state index contributed by atoms with van der Waals surface area (Å²) in [7, 11) is 0. The lowest BCUT2D eigenvalue weighted by Gasteiger charge is -2.11. The highest BCUT2D eigenvalue weighted by Gasteiger charge is 2.11. The minimum atomic E-state index is -0.230. The largest absolute Gasteiger partial charge is 0.494 e. The van der Waals surface area contributed by atoms with Crippen LogP contribution in [0.4, 0.5) is 5.13 Å². The van der Waals surface area contributed by atoms with Gasteiger partial charge in [-0.15, -0.1) is 11.3 Å². The number of amides is 1. The topological polar surface area (TPSA) is 60.5 Å². The lowest BCUT2D eigenvalue weighted by atomic mass is 10.1. The summed E-state index contributed by atoms with van der Waals surface area (Å²) in [5.74, 6) is 1.34. The van der Waals surface area contributed by atoms with Gasteiger partial charge in [0, 0.05) is 10.9 Å². The van der Waals surface area contributed by atoms with Crippen LogP contribution in [0.3, 0.4) is 0 Å². The number of ether oxygens (including phenoxy) is 2. The number of aryl methyl sites for hydroxylation is 2. The standard InChI is InChI=1S/C22H24N2O3S/c1-5-26-18-8-6-17(7-9-18)19-13-28-22(23-19)24-21(25)12-27-20-11-14(2)10-15(3)16(20)4/h6-11,13H,5,12H2,1-4H3,(H,23,24,25). The first kappa shape index (κ1) is 19.9. The van der Waals surface area contributed by atoms with E-state index < -0.39 is 0 Å². The van der Waals surface area contributed by atoms with Gasteiger partial charge in [-0.2, -0.15) is 0 Å². The van der Waals surface area contributed by atoms with Crippen molar-refractivity contribution in [2.24, 2.45) is 0 Å². The summed E-state index contributed by atoms with van der Waals surface area (Å²) >= 11 is 1.39. The third-order valence-corrected chi connectivity index (χ3v) is 5.09. The molecule has 6 heteroatoms. The number of carbonyl (C=O) groups is 1. The average molecular weight is 397 g/mol. The summed E-state index contributed by atoms with van der Waals surface area (Å²) in [6.07, 6.45) is 0. The summed E-state index contributed by atoms with van der Waals surface area (Å²) < 4.78 is 11.2. The molecule has 1 N–H and O–H groups in total. The molecular formula is C22H24N2O3S. The molecule has 0 saturated carbocycles. The van der Waals surface area contributed by atoms with Crippen molar-refractivity contribution in [1.29, 1.82) is 0 Å². The molecule has 3 rings (SSSR count). The molecule has 2 aromatic carbocycles. The second-order valence-corrected chi connectivity index (χ2v) is 7.40. The maximum Gasteiger partial charge on any atom is 0.264 e. The Morgan fingerprint density at radius 3 is 2.57 bits per heavy atom. The van der Waals surface area contributed by atoms with Crippen LogP contribution in [-0.4, -0.2) is 24.1 Å². The minimum Gasteiger partial charge on any atom is -0.494 e. The number of aromatic nitrogens is 1. The Kier molecular flexibility index (Phi) is 6.31. The Hall–Kier alpha value is -2.86. The van der Waals surface area contributed by atoms with Crippen molar-refractivity contribution in [3.05, 3.63) is 58.5 Å². The van der Waals surface area contributed by atoms with E-state index in [9.17, 15) is 4.79 Å². The number of benzene rings is 2. The van der Waals surface area contributed by atoms with Gasteiger partial charge in [0.2, 0.25) is 0 Å². The van der Waals surface area contributed by atoms with Crippen molar-refractivity contribution in [2.75, 3.05) is 18.5 Å². The Morgan fingerprint density at radius 1 is 1.11 bits per heavy atom. The Bertz CT molecular complexity index is 964. The fourth-order valence-corrected chi connectivity index (χ4v) is 3.54. The molecule has 3 aromatic rings. The van der Waals surface area contributed by atoms with Gasteiger partial charge in [0.1, 0.15) is 11.5 Å². The molecule has 5 nitrogen and oxygen atoms in total. The zero-order valence-corrected chi connectivity index (χ0v) is 17.4. The molecule has 0 aliphatic carbocycles. The maximum atomic E-state index is 12.2. The van der Waals surface area contributed by atoms with Crippen LogP contribution in [0.1, 0.15) is 23.6 Å². The number of hydrogen-bond donors (Lipinski definition) is 1. The van der Waals surface area contributed by atoms with Gasteiger partial charge < -0.3 is 9.47 Å². The molecular weight excluding hydrogens is 372 g/mol. The zero-order valence-electron chi connectivity index (χ0n) is 16.5. The van der Waals surface area contributed by atoms with Gasteiger partial charge >= 0.3 is 0 Å². The fourth-order valence-electron chi connectivity index (χ4n) is 2.80. The monoisotopic (exact) mass is 396 g/mol. The molecule has 0 radical (unpaired) electrons. The summed E-state index contributed by atoms with van der Waals surface area (Å²) in [5.41, 5.74) is 5.09. The number of hydrogen-bond acceptors (Lipinski definition) is 5. The highest BCUT2D eigenvalue weighted by atomic mass is 32.1. The van der Waals surface area contributed by atoms with E-state index in [0.717, 1.165) is 39.4 Å². The van der Waals surface area contributed by atoms with Gasteiger partial charge in [-0.05, 0) is 74.7 Å². The van der Waals surface area contributed by atoms with Crippen molar-refractivity contribution in [3.8, 4) is 22.8 Å². The number of anilines is 1. The number of rotatable bonds is 7. The fraction of sp³-hybridized carbons (Fsp3) is 0.273. The van der Waals surface area contributed by atoms with Crippen LogP contribution in [0, 0.1) is 20.8 Å². The smallest absolute Gasteiger partial charge is 0.264 e. The van der Waals surface area contributed by atoms with E-state index in [0.29, 0.717) is 11.7 Å². The second-order valence-electron chi connectivity index (χ2n) is 6.54. The summed E-state index contributed by atoms with van der Waals surface area (Å²) in [4.78, 5) is 16.7. The van der Waals surface area contributed by atoms with E-state index in [2.05, 4.69) is 16.4 Å². The van der Waals surface area contributed by atoms with Crippen LogP contribution in [0.5, 0.6) is 11.5 Å². The van der Waals surface area contributed by atoms with Crippen molar-refractivity contribution < 1.29 is 14.3 Å². The number of nitrogens with one attached hydrogen (secondary N) is 1. The SMILES string of the molecule is CCOc1ccc(-c2csc(NC(=O)COc3cc(C)cc(C)c3C)n2)cc1. The molecule has 28 heavy (non-hydrogen) atoms. The number of nitrogens with zero attached hydrogens (tertiary/aromatic N) is 1. The molecule has 0 aliphatic rings. The van der Waals surface area contributed by atoms with Crippen LogP contribution in [-0.2, 0) is 4.79 Å². The van der Waals surface area contributed by atoms with Crippen molar-refractivity contribution in [3.63, 3.8) is 0 Å². The molecule has 1 amide bonds. The van der Waals surface area contributed by atoms with Crippen LogP contribution in [0.25, 0.3) is 11.3 Å². The third kappa shape index (κ3) is 4.89. The zero-order chi connectivity index (χ0) is 20.1. The molecule has 0 fully saturated rings. The minimum absolute atomic E-state index is 0.0539. The highest BCUT2D eigenvalue weighted by molar-refractivity contribution is 7.14. The number of carbonyl (C=O) groups excluding carboxylic acids is 1. The highest BCUT2D eigenvalue weighted by Crippen LogP contribution is 2.27. The molecule has 0 spiro atoms. The molecule has 0 saturated heterocycles. The Labute approximate surface area is 169 Å². The van der Waals surface area contributed by atoms with Crippen LogP contribution in [0.15, 0.2) is 41.8 Å². The molecule has 0 aliphatic heterocycles. The summed E-state index contributed by atoms with van der Waals surface area (Å²) in [5, 5.41) is 5.27. The molecule has 1 heterocycles. The van der Waals surface area contributed by atoms with Gasteiger partial charge in [0.05, 0.1) is 12.3 Å². The summed E-state index contributed by atoms with van der Waals surface area (Å²) in [6.45, 7) is 8.57. The first-order chi connectivity index (χ1) is 13.5. The number of thiazole rings is 1. The first-order valence-electron chi connectivity index (χ1n) is 9.15. The van der Waals surface area contributed by atoms with Gasteiger partial charge in [-0.1, -0.05) is 6.07 Å². The molecule has 0 unspecified atom stereocenters. The van der Waals surface area contributed by atoms with E-state index in [4.69, 9.17) is 9.47 Å². The molecule has 1 aromatic heterocycles. The van der Waals surface area contributed by atoms with Crippen LogP contribution >= 0.6 is 11.3 Å². The molecule has 0 atom stereocenters. The lowest BCUT2D eigenvalue weighted by Crippen LogP contribution is -2.20. The normalized spacial score (nSPS) is 10.6. The molecule has 0 bridgehead atoms. The predicted molar refractivity (Wildman–Crippen MR) is 113 cm³/mol. The average Bonchev–Trinajstić information content (AvgIpc) is 3.12. The van der Waals surface area contributed by atoms with E-state index in [1.165, 1.54) is 11.3 Å². The van der Waals surface area contributed by atoms with Gasteiger partial charge in [0.25, 0.3) is 5.91 Å². The van der Waals surface area contributed by atoms with Crippen molar-refractivity contribution in [1.82, 2.24) is 4.98 Å². The first-order valence-corrected chi connectivity index (χ1v) is 10.0. The molecule has 146 valence electrons. The van der Waals surface area contributed by atoms with Gasteiger partial charge in [-0.25, -0.2) is 4.98 Å². The Balaban J connectivity index is 1.59. The van der Waals surface area contributed by atoms with Crippen LogP contribution in [0.2, 0.25) is 0 Å². The van der Waals surface area contributed by atoms with Crippen LogP contribution < -0.4 is 14.8 Å². The van der Waals surface area contributed by atoms with E-state index in [-0.39, 0.29) is 12.5 Å².